The summed E-state index contributed by atoms with van der Waals surface area (Å²) in [6, 6.07) is 7.77. The molecule has 0 bridgehead atoms. The number of rotatable bonds is 10. The van der Waals surface area contributed by atoms with Crippen LogP contribution in [-0.2, 0) is 15.8 Å². The molecule has 2 aromatic carbocycles. The number of methoxy groups -OCH3 is 1. The second kappa shape index (κ2) is 14.8. The van der Waals surface area contributed by atoms with E-state index in [9.17, 15) is 32.3 Å². The lowest BCUT2D eigenvalue weighted by Crippen LogP contribution is -2.47. The highest BCUT2D eigenvalue weighted by Gasteiger charge is 2.36. The molecule has 17 heteroatoms. The molecule has 1 saturated carbocycles. The maximum Gasteiger partial charge on any atom is 0.436 e. The maximum absolute atomic E-state index is 15.2. The number of carbonyl (C=O) groups excluding carboxylic acids is 3. The van der Waals surface area contributed by atoms with Gasteiger partial charge in [0.15, 0.2) is 5.69 Å². The van der Waals surface area contributed by atoms with Gasteiger partial charge in [-0.25, -0.2) is 9.07 Å². The standard InChI is InChI=1S/C35H34ClF4N7O5/c1-3-27(33(50)42-22-7-8-23(26(37)15-22)32(49)41-21-10-12-45(13-11-21)34(51)19-4-5-19)46-17-29(52-2)25(16-31(46)48)24-14-20(36)6-9-28(24)47-18-30(43-44-47)35(38,39)40/h6-9,14-19,21,27H,3-5,10-13H2,1-2H3,(H,41,49)(H,42,50)/t27-/m0/s1. The molecule has 0 spiro atoms. The Morgan fingerprint density at radius 2 is 1.75 bits per heavy atom. The number of benzene rings is 2. The zero-order valence-electron chi connectivity index (χ0n) is 28.0. The van der Waals surface area contributed by atoms with Gasteiger partial charge in [-0.2, -0.15) is 13.2 Å². The first kappa shape index (κ1) is 36.5. The van der Waals surface area contributed by atoms with E-state index in [1.54, 1.807) is 6.92 Å². The number of hydrogen-bond acceptors (Lipinski definition) is 7. The third-order valence-electron chi connectivity index (χ3n) is 9.12. The molecule has 1 atom stereocenters. The summed E-state index contributed by atoms with van der Waals surface area (Å²) in [6.45, 7) is 2.72. The van der Waals surface area contributed by atoms with Crippen LogP contribution < -0.4 is 20.9 Å². The highest BCUT2D eigenvalue weighted by atomic mass is 35.5. The quantitative estimate of drug-likeness (QED) is 0.201. The average Bonchev–Trinajstić information content (AvgIpc) is 3.83. The van der Waals surface area contributed by atoms with Crippen molar-refractivity contribution in [2.45, 2.75) is 57.3 Å². The predicted molar refractivity (Wildman–Crippen MR) is 182 cm³/mol. The van der Waals surface area contributed by atoms with Gasteiger partial charge in [-0.05, 0) is 68.5 Å². The molecule has 2 fully saturated rings. The number of alkyl halides is 3. The van der Waals surface area contributed by atoms with Gasteiger partial charge in [-0.1, -0.05) is 23.7 Å². The zero-order valence-corrected chi connectivity index (χ0v) is 28.8. The molecule has 274 valence electrons. The summed E-state index contributed by atoms with van der Waals surface area (Å²) in [5, 5.41) is 12.4. The average molecular weight is 744 g/mol. The lowest BCUT2D eigenvalue weighted by molar-refractivity contribution is -0.141. The van der Waals surface area contributed by atoms with Crippen molar-refractivity contribution in [1.82, 2.24) is 29.8 Å². The number of piperidine rings is 1. The largest absolute Gasteiger partial charge is 0.495 e. The number of aromatic nitrogens is 4. The third kappa shape index (κ3) is 7.81. The summed E-state index contributed by atoms with van der Waals surface area (Å²) in [7, 11) is 1.32. The first-order valence-corrected chi connectivity index (χ1v) is 16.9. The van der Waals surface area contributed by atoms with Gasteiger partial charge < -0.3 is 20.3 Å². The van der Waals surface area contributed by atoms with E-state index in [-0.39, 0.29) is 63.1 Å². The molecule has 1 aliphatic heterocycles. The minimum absolute atomic E-state index is 0.0515. The van der Waals surface area contributed by atoms with Crippen LogP contribution in [0.5, 0.6) is 5.75 Å². The summed E-state index contributed by atoms with van der Waals surface area (Å²) in [4.78, 5) is 54.0. The van der Waals surface area contributed by atoms with Gasteiger partial charge in [0.1, 0.15) is 17.6 Å². The van der Waals surface area contributed by atoms with Crippen molar-refractivity contribution in [1.29, 1.82) is 0 Å². The molecule has 0 radical (unpaired) electrons. The minimum Gasteiger partial charge on any atom is -0.495 e. The molecule has 52 heavy (non-hydrogen) atoms. The lowest BCUT2D eigenvalue weighted by atomic mass is 10.0. The van der Waals surface area contributed by atoms with Crippen LogP contribution in [0.1, 0.15) is 61.1 Å². The zero-order chi connectivity index (χ0) is 37.3. The summed E-state index contributed by atoms with van der Waals surface area (Å²) < 4.78 is 62.5. The monoisotopic (exact) mass is 743 g/mol. The van der Waals surface area contributed by atoms with Crippen molar-refractivity contribution in [3.63, 3.8) is 0 Å². The van der Waals surface area contributed by atoms with E-state index in [2.05, 4.69) is 20.9 Å². The topological polar surface area (TPSA) is 140 Å². The Balaban J connectivity index is 1.17. The van der Waals surface area contributed by atoms with Crippen molar-refractivity contribution in [2.75, 3.05) is 25.5 Å². The van der Waals surface area contributed by atoms with Gasteiger partial charge in [0.2, 0.25) is 11.8 Å². The Hall–Kier alpha value is -5.25. The van der Waals surface area contributed by atoms with E-state index in [4.69, 9.17) is 16.3 Å². The Kier molecular flexibility index (Phi) is 10.4. The number of pyridine rings is 1. The van der Waals surface area contributed by atoms with Crippen LogP contribution in [0.3, 0.4) is 0 Å². The molecule has 1 saturated heterocycles. The van der Waals surface area contributed by atoms with Crippen LogP contribution in [0.25, 0.3) is 16.8 Å². The lowest BCUT2D eigenvalue weighted by Gasteiger charge is -2.32. The summed E-state index contributed by atoms with van der Waals surface area (Å²) in [5.74, 6) is -1.76. The first-order valence-electron chi connectivity index (χ1n) is 16.6. The van der Waals surface area contributed by atoms with Crippen LogP contribution in [-0.4, -0.2) is 68.4 Å². The van der Waals surface area contributed by atoms with Crippen LogP contribution in [0, 0.1) is 11.7 Å². The predicted octanol–water partition coefficient (Wildman–Crippen LogP) is 5.64. The number of nitrogens with one attached hydrogen (secondary N) is 2. The maximum atomic E-state index is 15.2. The van der Waals surface area contributed by atoms with E-state index < -0.39 is 41.1 Å². The fourth-order valence-electron chi connectivity index (χ4n) is 6.19. The normalized spacial score (nSPS) is 15.6. The number of nitrogens with zero attached hydrogens (tertiary/aromatic N) is 5. The van der Waals surface area contributed by atoms with Gasteiger partial charge >= 0.3 is 6.18 Å². The summed E-state index contributed by atoms with van der Waals surface area (Å²) in [6.07, 6.45) is 0.349. The number of halogens is 5. The van der Waals surface area contributed by atoms with E-state index in [1.165, 1.54) is 43.6 Å². The fourth-order valence-corrected chi connectivity index (χ4v) is 6.36. The molecule has 2 aliphatic rings. The molecule has 3 heterocycles. The van der Waals surface area contributed by atoms with Crippen LogP contribution >= 0.6 is 11.6 Å². The highest BCUT2D eigenvalue weighted by molar-refractivity contribution is 6.31. The first-order chi connectivity index (χ1) is 24.8. The van der Waals surface area contributed by atoms with Crippen molar-refractivity contribution >= 4 is 35.0 Å². The molecule has 12 nitrogen and oxygen atoms in total. The number of amides is 3. The number of anilines is 1. The molecule has 2 N–H and O–H groups in total. The van der Waals surface area contributed by atoms with Gasteiger partial charge in [0.05, 0.1) is 30.8 Å². The van der Waals surface area contributed by atoms with E-state index in [1.807, 2.05) is 4.90 Å². The minimum atomic E-state index is -4.74. The Morgan fingerprint density at radius 1 is 1.02 bits per heavy atom. The number of hydrogen-bond donors (Lipinski definition) is 2. The highest BCUT2D eigenvalue weighted by Crippen LogP contribution is 2.37. The molecule has 1 aliphatic carbocycles. The van der Waals surface area contributed by atoms with Crippen molar-refractivity contribution in [2.24, 2.45) is 5.92 Å². The van der Waals surface area contributed by atoms with Gasteiger partial charge in [-0.15, -0.1) is 5.10 Å². The molecule has 0 unspecified atom stereocenters. The van der Waals surface area contributed by atoms with Crippen LogP contribution in [0.15, 0.2) is 59.7 Å². The van der Waals surface area contributed by atoms with Crippen molar-refractivity contribution < 1.29 is 36.7 Å². The number of likely N-dealkylation sites (tertiary alicyclic amines) is 1. The Morgan fingerprint density at radius 3 is 2.37 bits per heavy atom. The second-order valence-electron chi connectivity index (χ2n) is 12.7. The Bertz CT molecular complexity index is 2070. The van der Waals surface area contributed by atoms with Gasteiger partial charge in [0.25, 0.3) is 11.5 Å². The van der Waals surface area contributed by atoms with Gasteiger partial charge in [0, 0.05) is 53.0 Å². The molecular formula is C35H34ClF4N7O5. The van der Waals surface area contributed by atoms with Gasteiger partial charge in [-0.3, -0.25) is 23.7 Å². The van der Waals surface area contributed by atoms with E-state index >= 15 is 4.39 Å². The van der Waals surface area contributed by atoms with Crippen molar-refractivity contribution in [3.8, 4) is 22.6 Å². The molecule has 2 aromatic heterocycles. The Labute approximate surface area is 299 Å². The SMILES string of the molecule is CC[C@@H](C(=O)Nc1ccc(C(=O)NC2CCN(C(=O)C3CC3)CC2)c(F)c1)n1cc(OC)c(-c2cc(Cl)ccc2-n2cc(C(F)(F)F)nn2)cc1=O. The second-order valence-corrected chi connectivity index (χ2v) is 13.1. The van der Waals surface area contributed by atoms with Crippen LogP contribution in [0.2, 0.25) is 5.02 Å². The van der Waals surface area contributed by atoms with Crippen molar-refractivity contribution in [3.05, 3.63) is 87.3 Å². The third-order valence-corrected chi connectivity index (χ3v) is 9.35. The smallest absolute Gasteiger partial charge is 0.436 e. The molecule has 3 amide bonds. The van der Waals surface area contributed by atoms with Crippen LogP contribution in [0.4, 0.5) is 23.2 Å². The summed E-state index contributed by atoms with van der Waals surface area (Å²) in [5.41, 5.74) is -1.54. The molecular weight excluding hydrogens is 710 g/mol. The number of ether oxygens (including phenoxy) is 1. The van der Waals surface area contributed by atoms with E-state index in [0.717, 1.165) is 34.2 Å². The number of carbonyl (C=O) groups is 3. The van der Waals surface area contributed by atoms with E-state index in [0.29, 0.717) is 32.1 Å². The fraction of sp³-hybridized carbons (Fsp3) is 0.371. The molecule has 6 rings (SSSR count). The summed E-state index contributed by atoms with van der Waals surface area (Å²) >= 11 is 6.23. The molecule has 4 aromatic rings.